The van der Waals surface area contributed by atoms with Crippen LogP contribution in [0.25, 0.3) is 0 Å². The van der Waals surface area contributed by atoms with Crippen molar-refractivity contribution in [3.8, 4) is 0 Å². The highest BCUT2D eigenvalue weighted by Gasteiger charge is 2.26. The fourth-order valence-electron chi connectivity index (χ4n) is 1.89. The van der Waals surface area contributed by atoms with Crippen molar-refractivity contribution in [1.82, 2.24) is 4.98 Å². The Hall–Kier alpha value is -0.900. The molecule has 3 nitrogen and oxygen atoms in total. The van der Waals surface area contributed by atoms with Crippen molar-refractivity contribution in [3.63, 3.8) is 0 Å². The number of aromatic carboxylic acids is 1. The molecule has 1 aromatic rings. The van der Waals surface area contributed by atoms with E-state index in [2.05, 4.69) is 18.8 Å². The van der Waals surface area contributed by atoms with Crippen molar-refractivity contribution in [3.05, 3.63) is 15.6 Å². The molecule has 1 fully saturated rings. The van der Waals surface area contributed by atoms with Crippen LogP contribution in [0.2, 0.25) is 0 Å². The Kier molecular flexibility index (Phi) is 3.28. The number of carbonyl (C=O) groups is 1. The molecule has 0 aromatic carbocycles. The highest BCUT2D eigenvalue weighted by molar-refractivity contribution is 7.13. The van der Waals surface area contributed by atoms with Crippen LogP contribution in [0, 0.1) is 5.92 Å². The fourth-order valence-corrected chi connectivity index (χ4v) is 2.99. The van der Waals surface area contributed by atoms with Crippen molar-refractivity contribution in [2.24, 2.45) is 5.92 Å². The standard InChI is InChI=1S/C12H17NO2S/c1-7(2)6-9-10(12(14)15)16-11(13-9)8-4-3-5-8/h7-8H,3-6H2,1-2H3,(H,14,15). The van der Waals surface area contributed by atoms with Gasteiger partial charge in [0.2, 0.25) is 0 Å². The predicted molar refractivity (Wildman–Crippen MR) is 64.2 cm³/mol. The molecular weight excluding hydrogens is 222 g/mol. The van der Waals surface area contributed by atoms with Crippen LogP contribution >= 0.6 is 11.3 Å². The molecule has 0 bridgehead atoms. The minimum atomic E-state index is -0.821. The summed E-state index contributed by atoms with van der Waals surface area (Å²) in [5.41, 5.74) is 0.786. The predicted octanol–water partition coefficient (Wildman–Crippen LogP) is 3.31. The highest BCUT2D eigenvalue weighted by Crippen LogP contribution is 2.39. The molecule has 1 aliphatic carbocycles. The molecule has 0 aliphatic heterocycles. The summed E-state index contributed by atoms with van der Waals surface area (Å²) in [5.74, 6) is 0.164. The lowest BCUT2D eigenvalue weighted by Gasteiger charge is -2.22. The molecule has 1 saturated carbocycles. The number of hydrogen-bond acceptors (Lipinski definition) is 3. The van der Waals surface area contributed by atoms with E-state index in [1.165, 1.54) is 30.6 Å². The molecule has 0 spiro atoms. The third-order valence-electron chi connectivity index (χ3n) is 2.96. The molecule has 1 heterocycles. The van der Waals surface area contributed by atoms with E-state index in [9.17, 15) is 4.79 Å². The highest BCUT2D eigenvalue weighted by atomic mass is 32.1. The van der Waals surface area contributed by atoms with Crippen molar-refractivity contribution in [2.45, 2.75) is 45.4 Å². The fraction of sp³-hybridized carbons (Fsp3) is 0.667. The van der Waals surface area contributed by atoms with Gasteiger partial charge in [-0.3, -0.25) is 0 Å². The summed E-state index contributed by atoms with van der Waals surface area (Å²) < 4.78 is 0. The lowest BCUT2D eigenvalue weighted by atomic mass is 9.86. The first-order valence-electron chi connectivity index (χ1n) is 5.80. The average molecular weight is 239 g/mol. The van der Waals surface area contributed by atoms with E-state index in [1.54, 1.807) is 0 Å². The average Bonchev–Trinajstić information content (AvgIpc) is 2.44. The second-order valence-corrected chi connectivity index (χ2v) is 5.89. The van der Waals surface area contributed by atoms with Gasteiger partial charge in [-0.15, -0.1) is 11.3 Å². The topological polar surface area (TPSA) is 50.2 Å². The number of thiazole rings is 1. The van der Waals surface area contributed by atoms with E-state index >= 15 is 0 Å². The van der Waals surface area contributed by atoms with Crippen molar-refractivity contribution in [1.29, 1.82) is 0 Å². The van der Waals surface area contributed by atoms with E-state index in [1.807, 2.05) is 0 Å². The third kappa shape index (κ3) is 2.26. The molecule has 4 heteroatoms. The summed E-state index contributed by atoms with van der Waals surface area (Å²) in [6.07, 6.45) is 4.37. The van der Waals surface area contributed by atoms with Gasteiger partial charge in [0.15, 0.2) is 0 Å². The van der Waals surface area contributed by atoms with Crippen LogP contribution in [0.15, 0.2) is 0 Å². The monoisotopic (exact) mass is 239 g/mol. The molecule has 16 heavy (non-hydrogen) atoms. The number of carboxylic acids is 1. The molecule has 2 rings (SSSR count). The normalized spacial score (nSPS) is 16.4. The number of rotatable bonds is 4. The Balaban J connectivity index is 2.25. The Labute approximate surface area is 99.5 Å². The first kappa shape index (κ1) is 11.6. The Morgan fingerprint density at radius 2 is 2.25 bits per heavy atom. The summed E-state index contributed by atoms with van der Waals surface area (Å²) in [6.45, 7) is 4.18. The summed E-state index contributed by atoms with van der Waals surface area (Å²) in [6, 6.07) is 0. The van der Waals surface area contributed by atoms with Crippen LogP contribution in [0.1, 0.15) is 59.4 Å². The quantitative estimate of drug-likeness (QED) is 0.877. The first-order valence-corrected chi connectivity index (χ1v) is 6.62. The molecule has 0 atom stereocenters. The second-order valence-electron chi connectivity index (χ2n) is 4.86. The molecule has 0 amide bonds. The molecule has 0 unspecified atom stereocenters. The summed E-state index contributed by atoms with van der Waals surface area (Å²) in [4.78, 5) is 16.1. The molecule has 0 radical (unpaired) electrons. The molecular formula is C12H17NO2S. The van der Waals surface area contributed by atoms with Crippen LogP contribution in [0.4, 0.5) is 0 Å². The maximum atomic E-state index is 11.1. The van der Waals surface area contributed by atoms with Crippen LogP contribution in [-0.2, 0) is 6.42 Å². The molecule has 88 valence electrons. The number of carboxylic acid groups (broad SMARTS) is 1. The van der Waals surface area contributed by atoms with Crippen LogP contribution in [-0.4, -0.2) is 16.1 Å². The van der Waals surface area contributed by atoms with E-state index in [-0.39, 0.29) is 0 Å². The summed E-state index contributed by atoms with van der Waals surface area (Å²) in [5, 5.41) is 10.2. The van der Waals surface area contributed by atoms with Gasteiger partial charge in [0.05, 0.1) is 10.7 Å². The Morgan fingerprint density at radius 1 is 1.56 bits per heavy atom. The van der Waals surface area contributed by atoms with Gasteiger partial charge >= 0.3 is 5.97 Å². The van der Waals surface area contributed by atoms with Gasteiger partial charge in [-0.2, -0.15) is 0 Å². The van der Waals surface area contributed by atoms with Gasteiger partial charge in [0.25, 0.3) is 0 Å². The molecule has 1 aromatic heterocycles. The van der Waals surface area contributed by atoms with Crippen molar-refractivity contribution >= 4 is 17.3 Å². The van der Waals surface area contributed by atoms with Crippen LogP contribution in [0.3, 0.4) is 0 Å². The third-order valence-corrected chi connectivity index (χ3v) is 4.21. The van der Waals surface area contributed by atoms with Gasteiger partial charge < -0.3 is 5.11 Å². The smallest absolute Gasteiger partial charge is 0.347 e. The zero-order valence-electron chi connectivity index (χ0n) is 9.69. The van der Waals surface area contributed by atoms with Crippen molar-refractivity contribution < 1.29 is 9.90 Å². The van der Waals surface area contributed by atoms with Crippen LogP contribution < -0.4 is 0 Å². The maximum Gasteiger partial charge on any atom is 0.347 e. The largest absolute Gasteiger partial charge is 0.477 e. The minimum absolute atomic E-state index is 0.453. The minimum Gasteiger partial charge on any atom is -0.477 e. The molecule has 1 N–H and O–H groups in total. The van der Waals surface area contributed by atoms with Gasteiger partial charge in [-0.05, 0) is 25.2 Å². The number of aromatic nitrogens is 1. The van der Waals surface area contributed by atoms with E-state index in [0.717, 1.165) is 17.1 Å². The summed E-state index contributed by atoms with van der Waals surface area (Å²) in [7, 11) is 0. The van der Waals surface area contributed by atoms with E-state index in [0.29, 0.717) is 16.7 Å². The van der Waals surface area contributed by atoms with Gasteiger partial charge in [-0.1, -0.05) is 20.3 Å². The lowest BCUT2D eigenvalue weighted by molar-refractivity contribution is 0.0700. The van der Waals surface area contributed by atoms with Crippen molar-refractivity contribution in [2.75, 3.05) is 0 Å². The maximum absolute atomic E-state index is 11.1. The van der Waals surface area contributed by atoms with Gasteiger partial charge in [0, 0.05) is 5.92 Å². The lowest BCUT2D eigenvalue weighted by Crippen LogP contribution is -2.08. The number of hydrogen-bond donors (Lipinski definition) is 1. The van der Waals surface area contributed by atoms with E-state index < -0.39 is 5.97 Å². The SMILES string of the molecule is CC(C)Cc1nc(C2CCC2)sc1C(=O)O. The van der Waals surface area contributed by atoms with Crippen LogP contribution in [0.5, 0.6) is 0 Å². The summed E-state index contributed by atoms with van der Waals surface area (Å²) >= 11 is 1.38. The number of nitrogens with zero attached hydrogens (tertiary/aromatic N) is 1. The zero-order chi connectivity index (χ0) is 11.7. The molecule has 0 saturated heterocycles. The first-order chi connectivity index (χ1) is 7.58. The second kappa shape index (κ2) is 4.53. The Bertz CT molecular complexity index is 394. The Morgan fingerprint density at radius 3 is 2.69 bits per heavy atom. The van der Waals surface area contributed by atoms with Gasteiger partial charge in [0.1, 0.15) is 4.88 Å². The zero-order valence-corrected chi connectivity index (χ0v) is 10.5. The van der Waals surface area contributed by atoms with Gasteiger partial charge in [-0.25, -0.2) is 9.78 Å². The van der Waals surface area contributed by atoms with E-state index in [4.69, 9.17) is 5.11 Å². The molecule has 1 aliphatic rings.